The molecule has 0 bridgehead atoms. The van der Waals surface area contributed by atoms with Crippen molar-refractivity contribution < 1.29 is 107 Å². The Kier molecular flexibility index (Phi) is 14.3. The fourth-order valence-electron chi connectivity index (χ4n) is 4.31. The van der Waals surface area contributed by atoms with Crippen LogP contribution in [0.3, 0.4) is 0 Å². The largest absolute Gasteiger partial charge is 1.00 e. The molecule has 0 amide bonds. The molecule has 0 aromatic heterocycles. The van der Waals surface area contributed by atoms with Crippen LogP contribution in [0.2, 0.25) is 0 Å². The van der Waals surface area contributed by atoms with Crippen LogP contribution in [0.5, 0.6) is 23.0 Å². The summed E-state index contributed by atoms with van der Waals surface area (Å²) in [5.41, 5.74) is 11.7. The molecule has 0 aliphatic carbocycles. The van der Waals surface area contributed by atoms with Crippen LogP contribution in [0, 0.1) is 6.92 Å². The average Bonchev–Trinajstić information content (AvgIpc) is 3.04. The van der Waals surface area contributed by atoms with Crippen molar-refractivity contribution in [2.75, 3.05) is 11.5 Å². The zero-order chi connectivity index (χ0) is 35.5. The van der Waals surface area contributed by atoms with Gasteiger partial charge in [-0.3, -0.25) is 5.04 Å². The number of nitrogens with zero attached hydrogens (tertiary/aromatic N) is 6. The van der Waals surface area contributed by atoms with Crippen molar-refractivity contribution >= 4 is 78.4 Å². The van der Waals surface area contributed by atoms with E-state index >= 15 is 0 Å². The van der Waals surface area contributed by atoms with Crippen molar-refractivity contribution in [3.63, 3.8) is 0 Å². The quantitative estimate of drug-likeness (QED) is 0.0166. The Morgan fingerprint density at radius 1 is 0.725 bits per heavy atom. The SMILES string of the molecule is Cc1cc(N)c(O)c(N=Nc2cc(N=Nc3cc(S(=O)(=O)[O-])cc4cc(SOO[O-])c(N=Nc5ccc(N)cc5)c(O)c34)c(O)cc2O)c1.[Na+].[Na+]. The molecule has 5 aromatic rings. The summed E-state index contributed by atoms with van der Waals surface area (Å²) in [6.45, 7) is 1.71. The molecule has 252 valence electrons. The van der Waals surface area contributed by atoms with Gasteiger partial charge in [0.15, 0.2) is 11.5 Å². The molecule has 0 saturated carbocycles. The van der Waals surface area contributed by atoms with Gasteiger partial charge in [0.05, 0.1) is 44.3 Å². The Balaban J connectivity index is 0.00000351. The van der Waals surface area contributed by atoms with Gasteiger partial charge in [-0.2, -0.15) is 9.45 Å². The normalized spacial score (nSPS) is 11.7. The van der Waals surface area contributed by atoms with Crippen LogP contribution in [-0.4, -0.2) is 33.4 Å². The van der Waals surface area contributed by atoms with Crippen molar-refractivity contribution in [3.05, 3.63) is 72.3 Å². The number of hydrogen-bond donors (Lipinski definition) is 6. The fourth-order valence-corrected chi connectivity index (χ4v) is 5.33. The molecule has 0 unspecified atom stereocenters. The summed E-state index contributed by atoms with van der Waals surface area (Å²) in [6, 6.07) is 14.1. The zero-order valence-electron chi connectivity index (χ0n) is 26.7. The Morgan fingerprint density at radius 2 is 1.33 bits per heavy atom. The smallest absolute Gasteiger partial charge is 0.744 e. The van der Waals surface area contributed by atoms with Crippen molar-refractivity contribution in [2.24, 2.45) is 30.7 Å². The van der Waals surface area contributed by atoms with Gasteiger partial charge in [-0.15, -0.1) is 25.6 Å². The zero-order valence-corrected chi connectivity index (χ0v) is 32.4. The minimum absolute atomic E-state index is 0. The molecule has 0 radical (unpaired) electrons. The summed E-state index contributed by atoms with van der Waals surface area (Å²) in [4.78, 5) is -0.862. The molecule has 0 heterocycles. The summed E-state index contributed by atoms with van der Waals surface area (Å²) < 4.78 is 40.5. The van der Waals surface area contributed by atoms with Crippen molar-refractivity contribution in [1.82, 2.24) is 0 Å². The standard InChI is InChI=1S/C29H24N8O10S2.2Na/c1-13-6-18(31)28(40)22(7-13)36-34-20-11-19(23(38)12-24(20)39)33-35-21-10-17(49(43,44)45)8-14-9-25(48-47-46-42)27(29(41)26(14)21)37-32-16-4-2-15(30)3-5-16;;/h2-12,38-42H,30-31H2,1H3,(H,43,44,45);;/q;2*+1/p-2. The maximum atomic E-state index is 12.0. The first-order valence-electron chi connectivity index (χ1n) is 13.4. The molecule has 22 heteroatoms. The number of nitrogens with two attached hydrogens (primary N) is 2. The minimum atomic E-state index is -5.10. The first-order valence-corrected chi connectivity index (χ1v) is 15.6. The second-order valence-corrected chi connectivity index (χ2v) is 12.2. The van der Waals surface area contributed by atoms with E-state index in [2.05, 4.69) is 40.1 Å². The first kappa shape index (κ1) is 41.5. The molecule has 5 aromatic carbocycles. The molecule has 0 saturated heterocycles. The van der Waals surface area contributed by atoms with Crippen LogP contribution in [0.1, 0.15) is 5.56 Å². The van der Waals surface area contributed by atoms with Gasteiger partial charge in [0.2, 0.25) is 0 Å². The van der Waals surface area contributed by atoms with Gasteiger partial charge in [-0.1, -0.05) is 0 Å². The molecule has 51 heavy (non-hydrogen) atoms. The summed E-state index contributed by atoms with van der Waals surface area (Å²) >= 11 is 0.305. The van der Waals surface area contributed by atoms with E-state index < -0.39 is 32.3 Å². The molecular formula is C29H22N8Na2O10S2. The third kappa shape index (κ3) is 9.91. The molecule has 0 fully saturated rings. The number of azo groups is 3. The van der Waals surface area contributed by atoms with E-state index in [4.69, 9.17) is 11.5 Å². The van der Waals surface area contributed by atoms with Crippen LogP contribution in [0.15, 0.2) is 107 Å². The van der Waals surface area contributed by atoms with Crippen molar-refractivity contribution in [1.29, 1.82) is 0 Å². The van der Waals surface area contributed by atoms with Gasteiger partial charge < -0.3 is 41.7 Å². The van der Waals surface area contributed by atoms with Crippen LogP contribution in [-0.2, 0) is 19.5 Å². The molecule has 0 atom stereocenters. The van der Waals surface area contributed by atoms with E-state index in [0.717, 1.165) is 24.3 Å². The van der Waals surface area contributed by atoms with Crippen LogP contribution in [0.4, 0.5) is 45.5 Å². The third-order valence-electron chi connectivity index (χ3n) is 6.57. The number of benzene rings is 5. The Morgan fingerprint density at radius 3 is 1.94 bits per heavy atom. The second-order valence-electron chi connectivity index (χ2n) is 10.0. The summed E-state index contributed by atoms with van der Waals surface area (Å²) in [5.74, 6) is -2.14. The third-order valence-corrected chi connectivity index (χ3v) is 8.00. The van der Waals surface area contributed by atoms with Gasteiger partial charge in [0.1, 0.15) is 44.4 Å². The number of phenolic OH excluding ortho intramolecular Hbond substituents is 4. The maximum absolute atomic E-state index is 12.0. The predicted molar refractivity (Wildman–Crippen MR) is 172 cm³/mol. The number of hydrogen-bond acceptors (Lipinski definition) is 19. The molecule has 0 spiro atoms. The van der Waals surface area contributed by atoms with E-state index in [1.807, 2.05) is 0 Å². The van der Waals surface area contributed by atoms with Gasteiger partial charge in [-0.05, 0) is 72.5 Å². The van der Waals surface area contributed by atoms with Crippen LogP contribution >= 0.6 is 12.0 Å². The second kappa shape index (κ2) is 17.5. The molecule has 0 aliphatic heterocycles. The molecule has 5 rings (SSSR count). The number of aromatic hydroxyl groups is 4. The summed E-state index contributed by atoms with van der Waals surface area (Å²) in [5, 5.41) is 79.9. The number of phenols is 4. The number of nitrogen functional groups attached to an aromatic ring is 2. The van der Waals surface area contributed by atoms with Gasteiger partial charge in [-0.25, -0.2) is 8.42 Å². The van der Waals surface area contributed by atoms with Gasteiger partial charge >= 0.3 is 59.1 Å². The van der Waals surface area contributed by atoms with E-state index in [9.17, 15) is 38.7 Å². The predicted octanol–water partition coefficient (Wildman–Crippen LogP) is 0.524. The minimum Gasteiger partial charge on any atom is -0.744 e. The van der Waals surface area contributed by atoms with Gasteiger partial charge in [0, 0.05) is 17.8 Å². The van der Waals surface area contributed by atoms with Crippen LogP contribution < -0.4 is 75.8 Å². The monoisotopic (exact) mass is 752 g/mol. The maximum Gasteiger partial charge on any atom is 1.00 e. The molecule has 8 N–H and O–H groups in total. The van der Waals surface area contributed by atoms with Crippen molar-refractivity contribution in [2.45, 2.75) is 16.7 Å². The first-order chi connectivity index (χ1) is 23.2. The Labute approximate surface area is 337 Å². The van der Waals surface area contributed by atoms with E-state index in [1.165, 1.54) is 30.3 Å². The molecule has 18 nitrogen and oxygen atoms in total. The fraction of sp³-hybridized carbons (Fsp3) is 0.0345. The van der Waals surface area contributed by atoms with E-state index in [0.29, 0.717) is 29.0 Å². The average molecular weight is 753 g/mol. The topological polar surface area (TPSA) is 306 Å². The molecular weight excluding hydrogens is 730 g/mol. The van der Waals surface area contributed by atoms with Crippen LogP contribution in [0.25, 0.3) is 10.8 Å². The van der Waals surface area contributed by atoms with Crippen molar-refractivity contribution in [3.8, 4) is 23.0 Å². The Hall–Kier alpha value is -3.90. The summed E-state index contributed by atoms with van der Waals surface area (Å²) in [6.07, 6.45) is 0. The number of rotatable bonds is 10. The number of fused-ring (bicyclic) bond motifs is 1. The van der Waals surface area contributed by atoms with Gasteiger partial charge in [0.25, 0.3) is 0 Å². The summed E-state index contributed by atoms with van der Waals surface area (Å²) in [7, 11) is -5.10. The van der Waals surface area contributed by atoms with E-state index in [-0.39, 0.29) is 115 Å². The Bertz CT molecular complexity index is 2300. The number of aryl methyl sites for hydroxylation is 1. The number of anilines is 2. The van der Waals surface area contributed by atoms with E-state index in [1.54, 1.807) is 19.1 Å². The molecule has 0 aliphatic rings.